The fourth-order valence-corrected chi connectivity index (χ4v) is 5.83. The Bertz CT molecular complexity index is 1320. The van der Waals surface area contributed by atoms with E-state index in [4.69, 9.17) is 9.47 Å². The molecule has 2 aromatic carbocycles. The van der Waals surface area contributed by atoms with Crippen LogP contribution in [0.15, 0.2) is 71.2 Å². The number of hydrogen-bond donors (Lipinski definition) is 1. The van der Waals surface area contributed by atoms with E-state index in [9.17, 15) is 14.4 Å². The number of anilines is 1. The lowest BCUT2D eigenvalue weighted by Gasteiger charge is -2.42. The lowest BCUT2D eigenvalue weighted by molar-refractivity contribution is -0.120. The monoisotopic (exact) mass is 513 g/mol. The van der Waals surface area contributed by atoms with Crippen molar-refractivity contribution in [3.05, 3.63) is 82.3 Å². The van der Waals surface area contributed by atoms with Gasteiger partial charge in [0.15, 0.2) is 18.2 Å². The highest BCUT2D eigenvalue weighted by molar-refractivity contribution is 6.06. The Morgan fingerprint density at radius 1 is 0.895 bits per heavy atom. The van der Waals surface area contributed by atoms with E-state index in [1.807, 2.05) is 43.3 Å². The Kier molecular flexibility index (Phi) is 6.54. The van der Waals surface area contributed by atoms with Crippen LogP contribution in [-0.2, 0) is 19.1 Å². The largest absolute Gasteiger partial charge is 0.484 e. The molecule has 3 aliphatic rings. The first-order valence-corrected chi connectivity index (χ1v) is 13.2. The number of aryl methyl sites for hydroxylation is 1. The summed E-state index contributed by atoms with van der Waals surface area (Å²) >= 11 is 0. The first-order valence-electron chi connectivity index (χ1n) is 13.2. The van der Waals surface area contributed by atoms with Crippen molar-refractivity contribution < 1.29 is 23.9 Å². The number of hydrogen-bond acceptors (Lipinski definition) is 5. The van der Waals surface area contributed by atoms with Crippen LogP contribution >= 0.6 is 0 Å². The Morgan fingerprint density at radius 3 is 2.03 bits per heavy atom. The number of amides is 1. The number of carbonyl (C=O) groups excluding carboxylic acids is 3. The second kappa shape index (κ2) is 9.57. The fraction of sp³-hybridized carbons (Fsp3) is 0.406. The zero-order valence-corrected chi connectivity index (χ0v) is 22.8. The summed E-state index contributed by atoms with van der Waals surface area (Å²) in [4.78, 5) is 39.2. The van der Waals surface area contributed by atoms with Crippen molar-refractivity contribution in [3.8, 4) is 5.75 Å². The van der Waals surface area contributed by atoms with Crippen LogP contribution < -0.4 is 10.1 Å². The summed E-state index contributed by atoms with van der Waals surface area (Å²) in [6.07, 6.45) is 2.16. The molecule has 0 aromatic heterocycles. The van der Waals surface area contributed by atoms with Gasteiger partial charge >= 0.3 is 0 Å². The number of ketones is 2. The molecule has 5 rings (SSSR count). The predicted octanol–water partition coefficient (Wildman–Crippen LogP) is 6.41. The van der Waals surface area contributed by atoms with E-state index in [2.05, 4.69) is 33.0 Å². The summed E-state index contributed by atoms with van der Waals surface area (Å²) in [6, 6.07) is 14.9. The summed E-state index contributed by atoms with van der Waals surface area (Å²) < 4.78 is 12.1. The zero-order valence-electron chi connectivity index (χ0n) is 22.8. The minimum atomic E-state index is -0.445. The third-order valence-electron chi connectivity index (χ3n) is 7.47. The fourth-order valence-electron chi connectivity index (χ4n) is 5.83. The van der Waals surface area contributed by atoms with E-state index < -0.39 is 5.92 Å². The second-order valence-electron chi connectivity index (χ2n) is 12.4. The molecule has 0 unspecified atom stereocenters. The van der Waals surface area contributed by atoms with Crippen LogP contribution in [0.3, 0.4) is 0 Å². The quantitative estimate of drug-likeness (QED) is 0.499. The molecule has 2 aromatic rings. The molecule has 0 radical (unpaired) electrons. The van der Waals surface area contributed by atoms with Crippen LogP contribution in [0.2, 0.25) is 0 Å². The van der Waals surface area contributed by atoms with E-state index in [0.29, 0.717) is 54.1 Å². The molecular formula is C32H35NO5. The summed E-state index contributed by atoms with van der Waals surface area (Å²) in [5.74, 6) is 1.33. The highest BCUT2D eigenvalue weighted by Crippen LogP contribution is 2.53. The maximum atomic E-state index is 13.4. The van der Waals surface area contributed by atoms with Crippen LogP contribution in [0.25, 0.3) is 0 Å². The van der Waals surface area contributed by atoms with Crippen molar-refractivity contribution in [2.75, 3.05) is 11.9 Å². The number of Topliss-reactive ketones (excluding diaryl/α,β-unsaturated/α-hetero) is 2. The van der Waals surface area contributed by atoms with Crippen molar-refractivity contribution in [2.24, 2.45) is 10.8 Å². The van der Waals surface area contributed by atoms with E-state index in [0.717, 1.165) is 16.8 Å². The minimum absolute atomic E-state index is 0.0404. The molecule has 198 valence electrons. The lowest BCUT2D eigenvalue weighted by Crippen LogP contribution is -2.37. The number of nitrogens with one attached hydrogen (secondary N) is 1. The van der Waals surface area contributed by atoms with E-state index >= 15 is 0 Å². The number of carbonyl (C=O) groups is 3. The number of benzene rings is 2. The van der Waals surface area contributed by atoms with Gasteiger partial charge in [0.1, 0.15) is 17.3 Å². The molecule has 6 nitrogen and oxygen atoms in total. The molecule has 6 heteroatoms. The van der Waals surface area contributed by atoms with Gasteiger partial charge in [0.25, 0.3) is 5.91 Å². The van der Waals surface area contributed by atoms with Gasteiger partial charge in [-0.2, -0.15) is 0 Å². The normalized spacial score (nSPS) is 20.4. The molecule has 1 heterocycles. The van der Waals surface area contributed by atoms with Gasteiger partial charge in [-0.05, 0) is 53.1 Å². The van der Waals surface area contributed by atoms with Crippen LogP contribution in [0.1, 0.15) is 70.4 Å². The zero-order chi connectivity index (χ0) is 27.2. The first kappa shape index (κ1) is 26.0. The third-order valence-corrected chi connectivity index (χ3v) is 7.47. The van der Waals surface area contributed by atoms with Crippen molar-refractivity contribution in [2.45, 2.75) is 66.2 Å². The molecular weight excluding hydrogens is 478 g/mol. The van der Waals surface area contributed by atoms with Crippen LogP contribution in [0.5, 0.6) is 5.75 Å². The molecule has 0 bridgehead atoms. The molecule has 0 fully saturated rings. The summed E-state index contributed by atoms with van der Waals surface area (Å²) in [5, 5.41) is 2.84. The molecule has 1 aliphatic heterocycles. The third kappa shape index (κ3) is 5.31. The highest BCUT2D eigenvalue weighted by Gasteiger charge is 2.47. The standard InChI is InChI=1S/C32H35NO5/c1-19-7-6-8-21(13-19)33-27(36)18-37-22-11-9-20(10-12-22)28-29-23(34)14-31(2,3)16-25(29)38-26-17-32(4,5)15-24(35)30(26)28/h6-13,28H,14-18H2,1-5H3,(H,33,36). The molecule has 0 saturated carbocycles. The van der Waals surface area contributed by atoms with Crippen LogP contribution in [0, 0.1) is 17.8 Å². The Balaban J connectivity index is 1.39. The minimum Gasteiger partial charge on any atom is -0.484 e. The van der Waals surface area contributed by atoms with Gasteiger partial charge < -0.3 is 14.8 Å². The number of rotatable bonds is 5. The Morgan fingerprint density at radius 2 is 1.47 bits per heavy atom. The van der Waals surface area contributed by atoms with Gasteiger partial charge in [0.05, 0.1) is 0 Å². The van der Waals surface area contributed by atoms with Gasteiger partial charge in [-0.3, -0.25) is 14.4 Å². The summed E-state index contributed by atoms with van der Waals surface area (Å²) in [6.45, 7) is 10.1. The van der Waals surface area contributed by atoms with Gasteiger partial charge in [0.2, 0.25) is 0 Å². The predicted molar refractivity (Wildman–Crippen MR) is 146 cm³/mol. The average molecular weight is 514 g/mol. The smallest absolute Gasteiger partial charge is 0.262 e. The SMILES string of the molecule is Cc1cccc(NC(=O)COc2ccc(C3C4=C(CC(C)(C)CC4=O)OC4=C3C(=O)CC(C)(C)C4)cc2)c1. The van der Waals surface area contributed by atoms with Crippen molar-refractivity contribution in [3.63, 3.8) is 0 Å². The summed E-state index contributed by atoms with van der Waals surface area (Å²) in [5.41, 5.74) is 3.48. The Hall–Kier alpha value is -3.67. The molecule has 1 amide bonds. The van der Waals surface area contributed by atoms with Crippen LogP contribution in [-0.4, -0.2) is 24.1 Å². The maximum Gasteiger partial charge on any atom is 0.262 e. The van der Waals surface area contributed by atoms with Gasteiger partial charge in [-0.15, -0.1) is 0 Å². The van der Waals surface area contributed by atoms with E-state index in [1.54, 1.807) is 12.1 Å². The molecule has 38 heavy (non-hydrogen) atoms. The molecule has 2 aliphatic carbocycles. The number of allylic oxidation sites excluding steroid dienone is 4. The van der Waals surface area contributed by atoms with Crippen molar-refractivity contribution >= 4 is 23.2 Å². The summed E-state index contributed by atoms with van der Waals surface area (Å²) in [7, 11) is 0. The first-order chi connectivity index (χ1) is 17.9. The van der Waals surface area contributed by atoms with E-state index in [-0.39, 0.29) is 34.9 Å². The average Bonchev–Trinajstić information content (AvgIpc) is 2.80. The van der Waals surface area contributed by atoms with Gasteiger partial charge in [-0.25, -0.2) is 0 Å². The van der Waals surface area contributed by atoms with Crippen molar-refractivity contribution in [1.82, 2.24) is 0 Å². The van der Waals surface area contributed by atoms with Crippen LogP contribution in [0.4, 0.5) is 5.69 Å². The number of ether oxygens (including phenoxy) is 2. The molecule has 1 N–H and O–H groups in total. The van der Waals surface area contributed by atoms with Crippen molar-refractivity contribution in [1.29, 1.82) is 0 Å². The highest BCUT2D eigenvalue weighted by atomic mass is 16.5. The lowest BCUT2D eigenvalue weighted by atomic mass is 9.65. The molecule has 0 saturated heterocycles. The van der Waals surface area contributed by atoms with Gasteiger partial charge in [-0.1, -0.05) is 52.0 Å². The molecule has 0 atom stereocenters. The van der Waals surface area contributed by atoms with Gasteiger partial charge in [0, 0.05) is 48.4 Å². The molecule has 0 spiro atoms. The topological polar surface area (TPSA) is 81.7 Å². The maximum absolute atomic E-state index is 13.4. The Labute approximate surface area is 224 Å². The van der Waals surface area contributed by atoms with E-state index in [1.165, 1.54) is 0 Å². The second-order valence-corrected chi connectivity index (χ2v) is 12.4.